The van der Waals surface area contributed by atoms with E-state index in [2.05, 4.69) is 24.7 Å². The number of rotatable bonds is 8. The molecule has 4 rings (SSSR count). The second kappa shape index (κ2) is 9.71. The van der Waals surface area contributed by atoms with E-state index in [0.717, 1.165) is 18.3 Å². The van der Waals surface area contributed by atoms with E-state index >= 15 is 0 Å². The van der Waals surface area contributed by atoms with E-state index in [1.54, 1.807) is 6.07 Å². The molecule has 0 aliphatic heterocycles. The van der Waals surface area contributed by atoms with E-state index in [1.165, 1.54) is 25.3 Å². The molecule has 0 aliphatic rings. The van der Waals surface area contributed by atoms with Crippen LogP contribution in [0.1, 0.15) is 19.3 Å². The predicted molar refractivity (Wildman–Crippen MR) is 125 cm³/mol. The van der Waals surface area contributed by atoms with Crippen LogP contribution in [-0.4, -0.2) is 42.5 Å². The first-order chi connectivity index (χ1) is 20.4. The second-order valence-electron chi connectivity index (χ2n) is 6.34. The summed E-state index contributed by atoms with van der Waals surface area (Å²) in [4.78, 5) is 15.2. The normalized spacial score (nSPS) is 16.0. The molecule has 0 spiro atoms. The SMILES string of the molecule is [2H]c1nc([2H])c([2H])c(-c2nc(NS(=O)(=O)c3ccc(C([2H])([2H])[2H])cn3)c(Oc3ccccc3OC)c(OC([2H])([2H])[2H])n2)c1[2H]. The van der Waals surface area contributed by atoms with Crippen molar-refractivity contribution in [2.75, 3.05) is 18.9 Å². The highest BCUT2D eigenvalue weighted by Gasteiger charge is 2.25. The maximum absolute atomic E-state index is 13.4. The van der Waals surface area contributed by atoms with Gasteiger partial charge >= 0.3 is 0 Å². The molecule has 0 radical (unpaired) electrons. The number of nitrogens with zero attached hydrogens (tertiary/aromatic N) is 4. The molecule has 34 heavy (non-hydrogen) atoms. The summed E-state index contributed by atoms with van der Waals surface area (Å²) in [6.07, 6.45) is -0.639. The molecule has 1 N–H and O–H groups in total. The van der Waals surface area contributed by atoms with Gasteiger partial charge in [-0.15, -0.1) is 0 Å². The van der Waals surface area contributed by atoms with E-state index in [4.69, 9.17) is 27.9 Å². The van der Waals surface area contributed by atoms with E-state index in [0.29, 0.717) is 0 Å². The Balaban J connectivity index is 1.99. The molecule has 3 heterocycles. The van der Waals surface area contributed by atoms with Crippen molar-refractivity contribution in [3.63, 3.8) is 0 Å². The van der Waals surface area contributed by atoms with Gasteiger partial charge in [0.15, 0.2) is 28.2 Å². The lowest BCUT2D eigenvalue weighted by Gasteiger charge is -2.17. The van der Waals surface area contributed by atoms with Gasteiger partial charge in [-0.3, -0.25) is 9.71 Å². The smallest absolute Gasteiger partial charge is 0.280 e. The van der Waals surface area contributed by atoms with E-state index in [1.807, 2.05) is 0 Å². The Morgan fingerprint density at radius 1 is 1.03 bits per heavy atom. The summed E-state index contributed by atoms with van der Waals surface area (Å²) in [5.74, 6) is -2.95. The number of methoxy groups -OCH3 is 2. The highest BCUT2D eigenvalue weighted by molar-refractivity contribution is 7.92. The number of aryl methyl sites for hydroxylation is 1. The summed E-state index contributed by atoms with van der Waals surface area (Å²) >= 11 is 0. The Bertz CT molecular complexity index is 1790. The Labute approximate surface area is 210 Å². The summed E-state index contributed by atoms with van der Waals surface area (Å²) in [6.45, 7) is -2.57. The Hall–Kier alpha value is -4.25. The molecule has 0 fully saturated rings. The van der Waals surface area contributed by atoms with Gasteiger partial charge in [0.25, 0.3) is 15.9 Å². The molecular weight excluding hydrogens is 458 g/mol. The monoisotopic (exact) mass is 489 g/mol. The van der Waals surface area contributed by atoms with Gasteiger partial charge in [-0.05, 0) is 42.7 Å². The third-order valence-electron chi connectivity index (χ3n) is 4.15. The zero-order chi connectivity index (χ0) is 32.6. The molecule has 0 atom stereocenters. The molecule has 3 aromatic heterocycles. The van der Waals surface area contributed by atoms with Crippen molar-refractivity contribution in [2.24, 2.45) is 0 Å². The first-order valence-corrected chi connectivity index (χ1v) is 10.8. The number of benzene rings is 1. The van der Waals surface area contributed by atoms with Crippen molar-refractivity contribution < 1.29 is 36.3 Å². The van der Waals surface area contributed by atoms with Crippen LogP contribution in [0.2, 0.25) is 0 Å². The number of nitrogens with one attached hydrogen (secondary N) is 1. The fraction of sp³-hybridized carbons (Fsp3) is 0.130. The number of anilines is 1. The van der Waals surface area contributed by atoms with Crippen molar-refractivity contribution in [1.82, 2.24) is 19.9 Å². The van der Waals surface area contributed by atoms with Crippen molar-refractivity contribution in [3.8, 4) is 34.5 Å². The van der Waals surface area contributed by atoms with Gasteiger partial charge in [-0.2, -0.15) is 13.4 Å². The first kappa shape index (κ1) is 13.5. The maximum Gasteiger partial charge on any atom is 0.280 e. The summed E-state index contributed by atoms with van der Waals surface area (Å²) in [7, 11) is -6.61. The average Bonchev–Trinajstić information content (AvgIpc) is 2.92. The largest absolute Gasteiger partial charge is 0.493 e. The number of hydrogen-bond acceptors (Lipinski definition) is 9. The van der Waals surface area contributed by atoms with Gasteiger partial charge < -0.3 is 14.2 Å². The van der Waals surface area contributed by atoms with Gasteiger partial charge in [-0.25, -0.2) is 9.97 Å². The lowest BCUT2D eigenvalue weighted by atomic mass is 10.2. The Kier molecular flexibility index (Phi) is 3.84. The molecule has 174 valence electrons. The minimum absolute atomic E-state index is 0.0597. The number of para-hydroxylation sites is 2. The third kappa shape index (κ3) is 4.89. The van der Waals surface area contributed by atoms with Crippen LogP contribution in [0, 0.1) is 6.85 Å². The van der Waals surface area contributed by atoms with E-state index in [9.17, 15) is 8.42 Å². The van der Waals surface area contributed by atoms with Gasteiger partial charge in [0.05, 0.1) is 23.7 Å². The number of aromatic nitrogens is 4. The van der Waals surface area contributed by atoms with Crippen LogP contribution >= 0.6 is 0 Å². The lowest BCUT2D eigenvalue weighted by molar-refractivity contribution is 0.348. The van der Waals surface area contributed by atoms with Gasteiger partial charge in [0.1, 0.15) is 0 Å². The van der Waals surface area contributed by atoms with Crippen LogP contribution in [0.15, 0.2) is 72.1 Å². The molecule has 0 amide bonds. The molecule has 4 aromatic rings. The second-order valence-corrected chi connectivity index (χ2v) is 7.97. The van der Waals surface area contributed by atoms with Crippen LogP contribution in [0.4, 0.5) is 5.82 Å². The summed E-state index contributed by atoms with van der Waals surface area (Å²) in [5, 5.41) is -0.666. The Morgan fingerprint density at radius 2 is 1.82 bits per heavy atom. The van der Waals surface area contributed by atoms with Gasteiger partial charge in [0, 0.05) is 28.2 Å². The first-order valence-electron chi connectivity index (χ1n) is 14.3. The predicted octanol–water partition coefficient (Wildman–Crippen LogP) is 3.85. The van der Waals surface area contributed by atoms with Gasteiger partial charge in [0.2, 0.25) is 5.75 Å². The van der Waals surface area contributed by atoms with Gasteiger partial charge in [-0.1, -0.05) is 18.2 Å². The molecule has 0 unspecified atom stereocenters. The lowest BCUT2D eigenvalue weighted by Crippen LogP contribution is -2.17. The number of ether oxygens (including phenoxy) is 3. The summed E-state index contributed by atoms with van der Waals surface area (Å²) in [6, 6.07) is 6.49. The van der Waals surface area contributed by atoms with Crippen LogP contribution < -0.4 is 18.9 Å². The zero-order valence-corrected chi connectivity index (χ0v) is 18.1. The maximum atomic E-state index is 13.4. The third-order valence-corrected chi connectivity index (χ3v) is 5.41. The van der Waals surface area contributed by atoms with E-state index in [-0.39, 0.29) is 17.1 Å². The zero-order valence-electron chi connectivity index (χ0n) is 27.3. The fourth-order valence-corrected chi connectivity index (χ4v) is 3.58. The Morgan fingerprint density at radius 3 is 2.50 bits per heavy atom. The highest BCUT2D eigenvalue weighted by Crippen LogP contribution is 2.41. The van der Waals surface area contributed by atoms with Crippen molar-refractivity contribution in [1.29, 1.82) is 0 Å². The number of pyridine rings is 2. The van der Waals surface area contributed by atoms with Crippen LogP contribution in [0.3, 0.4) is 0 Å². The average molecular weight is 490 g/mol. The van der Waals surface area contributed by atoms with Crippen LogP contribution in [0.5, 0.6) is 23.1 Å². The van der Waals surface area contributed by atoms with Crippen molar-refractivity contribution >= 4 is 15.8 Å². The molecule has 0 saturated heterocycles. The summed E-state index contributed by atoms with van der Waals surface area (Å²) < 4.78 is 123. The molecular formula is C23H21N5O5S. The standard InChI is InChI=1S/C23H21N5O5S/c1-15-8-9-19(25-14-15)34(29,30)28-22-20(33-18-7-5-4-6-17(18)31-2)23(32-3)27-21(26-22)16-10-12-24-13-11-16/h4-14H,1-3H3,(H,26,27,28)/i1D3,3D3,10D,11D,12D,13D. The highest BCUT2D eigenvalue weighted by atomic mass is 32.2. The molecule has 0 bridgehead atoms. The quantitative estimate of drug-likeness (QED) is 0.393. The van der Waals surface area contributed by atoms with Crippen molar-refractivity contribution in [3.05, 3.63) is 72.6 Å². The van der Waals surface area contributed by atoms with Crippen LogP contribution in [-0.2, 0) is 10.0 Å². The minimum Gasteiger partial charge on any atom is -0.493 e. The van der Waals surface area contributed by atoms with E-state index < -0.39 is 82.2 Å². The molecule has 11 heteroatoms. The topological polar surface area (TPSA) is 125 Å². The van der Waals surface area contributed by atoms with Crippen LogP contribution in [0.25, 0.3) is 11.4 Å². The molecule has 0 aliphatic carbocycles. The molecule has 10 nitrogen and oxygen atoms in total. The minimum atomic E-state index is -4.72. The molecule has 0 saturated carbocycles. The molecule has 1 aromatic carbocycles. The van der Waals surface area contributed by atoms with Crippen molar-refractivity contribution in [2.45, 2.75) is 11.9 Å². The number of hydrogen-bond donors (Lipinski definition) is 1. The fourth-order valence-electron chi connectivity index (χ4n) is 2.64. The number of sulfonamides is 1. The summed E-state index contributed by atoms with van der Waals surface area (Å²) in [5.41, 5.74) is -0.801.